The van der Waals surface area contributed by atoms with Crippen LogP contribution in [0, 0.1) is 0 Å². The maximum absolute atomic E-state index is 11.8. The molecular weight excluding hydrogens is 523 g/mol. The highest BCUT2D eigenvalue weighted by Crippen LogP contribution is 2.32. The van der Waals surface area contributed by atoms with E-state index in [1.54, 1.807) is 0 Å². The zero-order valence-corrected chi connectivity index (χ0v) is 18.6. The topological polar surface area (TPSA) is 26.3 Å². The lowest BCUT2D eigenvalue weighted by molar-refractivity contribution is -0.133. The van der Waals surface area contributed by atoms with E-state index in [-0.39, 0.29) is 20.8 Å². The Labute approximate surface area is 178 Å². The fraction of sp³-hybridized carbons (Fsp3) is 0.0952. The highest BCUT2D eigenvalue weighted by Gasteiger charge is 2.28. The van der Waals surface area contributed by atoms with Crippen LogP contribution in [0.5, 0.6) is 5.75 Å². The van der Waals surface area contributed by atoms with Crippen LogP contribution >= 0.6 is 38.5 Å². The van der Waals surface area contributed by atoms with Gasteiger partial charge in [0, 0.05) is 4.47 Å². The average Bonchev–Trinajstić information content (AvgIpc) is 2.66. The first kappa shape index (κ1) is 19.5. The van der Waals surface area contributed by atoms with Crippen LogP contribution < -0.4 is 4.74 Å². The zero-order chi connectivity index (χ0) is 18.5. The van der Waals surface area contributed by atoms with Crippen LogP contribution in [-0.2, 0) is 15.7 Å². The molecule has 0 aliphatic heterocycles. The van der Waals surface area contributed by atoms with Gasteiger partial charge in [-0.15, -0.1) is 0 Å². The van der Waals surface area contributed by atoms with Crippen LogP contribution in [0.1, 0.15) is 6.92 Å². The monoisotopic (exact) mass is 539 g/mol. The molecule has 0 bridgehead atoms. The summed E-state index contributed by atoms with van der Waals surface area (Å²) in [6.07, 6.45) is 0. The van der Waals surface area contributed by atoms with Crippen molar-refractivity contribution in [2.75, 3.05) is 0 Å². The zero-order valence-electron chi connectivity index (χ0n) is 14.1. The highest BCUT2D eigenvalue weighted by molar-refractivity contribution is 14.1. The Hall–Kier alpha value is -1.31. The number of carbonyl (C=O) groups excluding carboxylic acids is 1. The molecule has 0 saturated carbocycles. The van der Waals surface area contributed by atoms with Gasteiger partial charge >= 0.3 is 5.97 Å². The lowest BCUT2D eigenvalue weighted by Crippen LogP contribution is -2.16. The Kier molecular flexibility index (Phi) is 6.78. The summed E-state index contributed by atoms with van der Waals surface area (Å²) in [6, 6.07) is 26.7. The van der Waals surface area contributed by atoms with Crippen molar-refractivity contribution in [2.24, 2.45) is 0 Å². The van der Waals surface area contributed by atoms with E-state index in [4.69, 9.17) is 4.74 Å². The predicted molar refractivity (Wildman–Crippen MR) is 118 cm³/mol. The molecule has 0 fully saturated rings. The lowest BCUT2D eigenvalue weighted by atomic mass is 10.3. The number of esters is 1. The average molecular weight is 540 g/mol. The maximum Gasteiger partial charge on any atom is 0.323 e. The van der Waals surface area contributed by atoms with Crippen molar-refractivity contribution in [1.82, 2.24) is 0 Å². The molecule has 0 saturated heterocycles. The Morgan fingerprint density at radius 3 is 1.92 bits per heavy atom. The molecule has 0 amide bonds. The van der Waals surface area contributed by atoms with Gasteiger partial charge in [-0.3, -0.25) is 4.79 Å². The Morgan fingerprint density at radius 2 is 1.38 bits per heavy atom. The fourth-order valence-electron chi connectivity index (χ4n) is 2.38. The lowest BCUT2D eigenvalue weighted by Gasteiger charge is -2.09. The summed E-state index contributed by atoms with van der Waals surface area (Å²) < 4.78 is 6.28. The summed E-state index contributed by atoms with van der Waals surface area (Å²) in [4.78, 5) is 15.4. The third kappa shape index (κ3) is 4.90. The molecule has 0 aromatic heterocycles. The second kappa shape index (κ2) is 9.06. The van der Waals surface area contributed by atoms with E-state index in [2.05, 4.69) is 87.1 Å². The van der Waals surface area contributed by atoms with Crippen molar-refractivity contribution in [2.45, 2.75) is 25.5 Å². The first-order valence-corrected chi connectivity index (χ1v) is 11.3. The van der Waals surface area contributed by atoms with Gasteiger partial charge in [0.15, 0.2) is 14.7 Å². The first-order chi connectivity index (χ1) is 12.5. The second-order valence-corrected chi connectivity index (χ2v) is 10.4. The van der Waals surface area contributed by atoms with Gasteiger partial charge < -0.3 is 4.74 Å². The molecule has 0 aliphatic rings. The van der Waals surface area contributed by atoms with Crippen LogP contribution in [-0.4, -0.2) is 9.89 Å². The highest BCUT2D eigenvalue weighted by atomic mass is 127. The third-order valence-corrected chi connectivity index (χ3v) is 6.90. The molecule has 2 nitrogen and oxygen atoms in total. The van der Waals surface area contributed by atoms with Crippen LogP contribution in [0.2, 0.25) is 0 Å². The van der Waals surface area contributed by atoms with Crippen molar-refractivity contribution in [1.29, 1.82) is 0 Å². The van der Waals surface area contributed by atoms with E-state index in [1.165, 1.54) is 14.7 Å². The van der Waals surface area contributed by atoms with E-state index >= 15 is 0 Å². The summed E-state index contributed by atoms with van der Waals surface area (Å²) >= 11 is 5.56. The quantitative estimate of drug-likeness (QED) is 0.125. The summed E-state index contributed by atoms with van der Waals surface area (Å²) in [7, 11) is -0.215. The van der Waals surface area contributed by atoms with Gasteiger partial charge in [-0.2, -0.15) is 0 Å². The van der Waals surface area contributed by atoms with Gasteiger partial charge in [0.25, 0.3) is 0 Å². The number of alkyl halides is 1. The van der Waals surface area contributed by atoms with Crippen LogP contribution in [0.4, 0.5) is 0 Å². The summed E-state index contributed by atoms with van der Waals surface area (Å²) in [6.45, 7) is 1.82. The second-order valence-electron chi connectivity index (χ2n) is 5.58. The summed E-state index contributed by atoms with van der Waals surface area (Å²) in [5, 5.41) is 0. The molecule has 0 radical (unpaired) electrons. The molecule has 3 rings (SSSR count). The Morgan fingerprint density at radius 1 is 0.885 bits per heavy atom. The van der Waals surface area contributed by atoms with Gasteiger partial charge in [-0.05, 0) is 67.6 Å². The van der Waals surface area contributed by atoms with E-state index in [1.807, 2.05) is 37.3 Å². The largest absolute Gasteiger partial charge is 0.426 e. The van der Waals surface area contributed by atoms with Crippen molar-refractivity contribution in [3.8, 4) is 5.75 Å². The van der Waals surface area contributed by atoms with Gasteiger partial charge in [-0.1, -0.05) is 56.7 Å². The molecule has 26 heavy (non-hydrogen) atoms. The fourth-order valence-corrected chi connectivity index (χ4v) is 4.83. The number of halogens is 2. The molecule has 0 aliphatic carbocycles. The predicted octanol–water partition coefficient (Wildman–Crippen LogP) is 6.27. The first-order valence-electron chi connectivity index (χ1n) is 8.05. The molecule has 2 atom stereocenters. The van der Waals surface area contributed by atoms with Crippen LogP contribution in [0.3, 0.4) is 0 Å². The smallest absolute Gasteiger partial charge is 0.323 e. The minimum absolute atomic E-state index is 0.172. The minimum Gasteiger partial charge on any atom is -0.426 e. The van der Waals surface area contributed by atoms with Gasteiger partial charge in [0.2, 0.25) is 0 Å². The number of hydrogen-bond donors (Lipinski definition) is 0. The number of carbonyl (C=O) groups is 1. The number of benzene rings is 3. The molecule has 132 valence electrons. The molecule has 0 heterocycles. The molecule has 2 unspecified atom stereocenters. The SMILES string of the molecule is CC(I)C(=O)Oc1ccc([S+](c2ccccc2)c2ccc(Br)cc2)cc1. The summed E-state index contributed by atoms with van der Waals surface area (Å²) in [5.41, 5.74) is 0. The van der Waals surface area contributed by atoms with Gasteiger partial charge in [0.1, 0.15) is 9.67 Å². The molecular formula is C21H17BrIO2S+. The molecule has 3 aromatic carbocycles. The van der Waals surface area contributed by atoms with Crippen molar-refractivity contribution >= 4 is 55.4 Å². The van der Waals surface area contributed by atoms with E-state index in [0.717, 1.165) is 4.47 Å². The molecule has 0 N–H and O–H groups in total. The number of ether oxygens (including phenoxy) is 1. The molecule has 0 spiro atoms. The third-order valence-electron chi connectivity index (χ3n) is 3.63. The molecule has 3 aromatic rings. The van der Waals surface area contributed by atoms with Gasteiger partial charge in [-0.25, -0.2) is 0 Å². The number of hydrogen-bond acceptors (Lipinski definition) is 2. The van der Waals surface area contributed by atoms with Crippen molar-refractivity contribution in [3.05, 3.63) is 83.3 Å². The van der Waals surface area contributed by atoms with Crippen molar-refractivity contribution in [3.63, 3.8) is 0 Å². The number of rotatable bonds is 5. The van der Waals surface area contributed by atoms with E-state index in [9.17, 15) is 4.79 Å². The Bertz CT molecular complexity index is 865. The van der Waals surface area contributed by atoms with Gasteiger partial charge in [0.05, 0.1) is 10.9 Å². The van der Waals surface area contributed by atoms with Crippen molar-refractivity contribution < 1.29 is 9.53 Å². The minimum atomic E-state index is -0.228. The maximum atomic E-state index is 11.8. The normalized spacial score (nSPS) is 13.0. The Balaban J connectivity index is 1.95. The van der Waals surface area contributed by atoms with E-state index < -0.39 is 0 Å². The van der Waals surface area contributed by atoms with E-state index in [0.29, 0.717) is 5.75 Å². The van der Waals surface area contributed by atoms with Crippen LogP contribution in [0.15, 0.2) is 98.0 Å². The molecule has 5 heteroatoms. The summed E-state index contributed by atoms with van der Waals surface area (Å²) in [5.74, 6) is 0.350. The standard InChI is InChI=1S/C21H17BrIO2S/c1-15(23)21(24)25-17-9-13-20(14-10-17)26(18-5-3-2-4-6-18)19-11-7-16(22)8-12-19/h2-15H,1H3/q+1. The van der Waals surface area contributed by atoms with Crippen LogP contribution in [0.25, 0.3) is 0 Å².